The van der Waals surface area contributed by atoms with Crippen molar-refractivity contribution in [1.29, 1.82) is 0 Å². The van der Waals surface area contributed by atoms with E-state index in [2.05, 4.69) is 5.32 Å². The molecule has 0 rings (SSSR count). The zero-order chi connectivity index (χ0) is 9.72. The molecule has 1 atom stereocenters. The quantitative estimate of drug-likeness (QED) is 0.685. The predicted octanol–water partition coefficient (Wildman–Crippen LogP) is 0.984. The first-order valence-corrected chi connectivity index (χ1v) is 4.22. The summed E-state index contributed by atoms with van der Waals surface area (Å²) in [6, 6.07) is 0. The lowest BCUT2D eigenvalue weighted by Gasteiger charge is -2.14. The number of nitrogens with one attached hydrogen (secondary N) is 1. The summed E-state index contributed by atoms with van der Waals surface area (Å²) in [6.07, 6.45) is 0. The molecule has 3 heteroatoms. The van der Waals surface area contributed by atoms with Gasteiger partial charge >= 0.3 is 0 Å². The minimum atomic E-state index is -0.0415. The van der Waals surface area contributed by atoms with Crippen molar-refractivity contribution >= 4 is 11.7 Å². The molecule has 0 fully saturated rings. The molecule has 1 amide bonds. The van der Waals surface area contributed by atoms with Crippen LogP contribution in [0, 0.1) is 11.8 Å². The highest BCUT2D eigenvalue weighted by atomic mass is 16.2. The predicted molar refractivity (Wildman–Crippen MR) is 47.7 cm³/mol. The van der Waals surface area contributed by atoms with E-state index >= 15 is 0 Å². The molecule has 0 aliphatic heterocycles. The van der Waals surface area contributed by atoms with Crippen molar-refractivity contribution in [2.24, 2.45) is 11.8 Å². The van der Waals surface area contributed by atoms with Gasteiger partial charge < -0.3 is 5.32 Å². The Labute approximate surface area is 73.5 Å². The number of amides is 1. The summed E-state index contributed by atoms with van der Waals surface area (Å²) in [5, 5.41) is 2.57. The Morgan fingerprint density at radius 2 is 1.75 bits per heavy atom. The molecule has 0 aromatic heterocycles. The van der Waals surface area contributed by atoms with E-state index in [1.54, 1.807) is 0 Å². The Kier molecular flexibility index (Phi) is 4.55. The normalized spacial score (nSPS) is 12.8. The molecule has 0 heterocycles. The first-order valence-electron chi connectivity index (χ1n) is 4.22. The second-order valence-electron chi connectivity index (χ2n) is 3.45. The highest BCUT2D eigenvalue weighted by molar-refractivity contribution is 5.85. The van der Waals surface area contributed by atoms with Crippen molar-refractivity contribution in [3.63, 3.8) is 0 Å². The largest absolute Gasteiger partial charge is 0.349 e. The van der Waals surface area contributed by atoms with E-state index in [4.69, 9.17) is 0 Å². The first-order chi connectivity index (χ1) is 5.45. The summed E-state index contributed by atoms with van der Waals surface area (Å²) in [5.74, 6) is 0.237. The fraction of sp³-hybridized carbons (Fsp3) is 0.778. The van der Waals surface area contributed by atoms with E-state index in [9.17, 15) is 9.59 Å². The Hall–Kier alpha value is -0.860. The van der Waals surface area contributed by atoms with Crippen molar-refractivity contribution in [3.05, 3.63) is 0 Å². The van der Waals surface area contributed by atoms with Crippen LogP contribution >= 0.6 is 0 Å². The summed E-state index contributed by atoms with van der Waals surface area (Å²) in [4.78, 5) is 21.8. The molecule has 0 bridgehead atoms. The van der Waals surface area contributed by atoms with Gasteiger partial charge in [0, 0.05) is 5.92 Å². The van der Waals surface area contributed by atoms with Crippen molar-refractivity contribution in [2.45, 2.75) is 27.7 Å². The number of hydrogen-bond donors (Lipinski definition) is 1. The summed E-state index contributed by atoms with van der Waals surface area (Å²) in [5.41, 5.74) is 0. The van der Waals surface area contributed by atoms with E-state index < -0.39 is 0 Å². The number of ketones is 1. The van der Waals surface area contributed by atoms with Gasteiger partial charge in [-0.25, -0.2) is 0 Å². The summed E-state index contributed by atoms with van der Waals surface area (Å²) in [7, 11) is 0. The van der Waals surface area contributed by atoms with E-state index in [0.717, 1.165) is 0 Å². The molecule has 3 nitrogen and oxygen atoms in total. The van der Waals surface area contributed by atoms with Gasteiger partial charge in [0.2, 0.25) is 5.91 Å². The van der Waals surface area contributed by atoms with Gasteiger partial charge in [-0.1, -0.05) is 20.8 Å². The Bertz CT molecular complexity index is 175. The van der Waals surface area contributed by atoms with Crippen LogP contribution in [0.3, 0.4) is 0 Å². The molecule has 70 valence electrons. The van der Waals surface area contributed by atoms with Crippen molar-refractivity contribution in [2.75, 3.05) is 6.54 Å². The lowest BCUT2D eigenvalue weighted by molar-refractivity contribution is -0.128. The second kappa shape index (κ2) is 4.91. The third kappa shape index (κ3) is 4.11. The topological polar surface area (TPSA) is 46.2 Å². The fourth-order valence-corrected chi connectivity index (χ4v) is 0.675. The molecule has 0 radical (unpaired) electrons. The van der Waals surface area contributed by atoms with E-state index in [1.165, 1.54) is 6.92 Å². The molecule has 12 heavy (non-hydrogen) atoms. The molecule has 1 N–H and O–H groups in total. The van der Waals surface area contributed by atoms with Gasteiger partial charge in [-0.3, -0.25) is 9.59 Å². The minimum absolute atomic E-state index is 0.0145. The van der Waals surface area contributed by atoms with Crippen molar-refractivity contribution in [3.8, 4) is 0 Å². The molecule has 0 aromatic rings. The van der Waals surface area contributed by atoms with Gasteiger partial charge in [0.05, 0.1) is 6.54 Å². The van der Waals surface area contributed by atoms with Gasteiger partial charge in [-0.15, -0.1) is 0 Å². The molecular formula is C9H17NO2. The smallest absolute Gasteiger partial charge is 0.223 e. The van der Waals surface area contributed by atoms with Gasteiger partial charge in [-0.05, 0) is 12.8 Å². The van der Waals surface area contributed by atoms with Gasteiger partial charge in [0.1, 0.15) is 5.78 Å². The van der Waals surface area contributed by atoms with Crippen LogP contribution in [0.1, 0.15) is 27.7 Å². The first kappa shape index (κ1) is 11.1. The number of Topliss-reactive ketones (excluding diaryl/α,β-unsaturated/α-hetero) is 1. The van der Waals surface area contributed by atoms with Crippen LogP contribution < -0.4 is 5.32 Å². The van der Waals surface area contributed by atoms with Gasteiger partial charge in [0.15, 0.2) is 0 Å². The molecule has 0 unspecified atom stereocenters. The van der Waals surface area contributed by atoms with Crippen LogP contribution in [0.5, 0.6) is 0 Å². The fourth-order valence-electron chi connectivity index (χ4n) is 0.675. The second-order valence-corrected chi connectivity index (χ2v) is 3.45. The number of carbonyl (C=O) groups excluding carboxylic acids is 2. The molecule has 0 aliphatic rings. The van der Waals surface area contributed by atoms with Crippen LogP contribution in [0.25, 0.3) is 0 Å². The average Bonchev–Trinajstić information content (AvgIpc) is 1.98. The molecule has 0 aliphatic carbocycles. The average molecular weight is 171 g/mol. The van der Waals surface area contributed by atoms with E-state index in [-0.39, 0.29) is 24.2 Å². The van der Waals surface area contributed by atoms with E-state index in [0.29, 0.717) is 5.92 Å². The Balaban J connectivity index is 3.80. The van der Waals surface area contributed by atoms with Crippen LogP contribution in [0.15, 0.2) is 0 Å². The standard InChI is InChI=1S/C9H17NO2/c1-6(2)8(4)9(12)10-5-7(3)11/h6,8H,5H2,1-4H3,(H,10,12)/t8-/m0/s1. The van der Waals surface area contributed by atoms with Crippen LogP contribution in [0.2, 0.25) is 0 Å². The highest BCUT2D eigenvalue weighted by Gasteiger charge is 2.15. The van der Waals surface area contributed by atoms with Gasteiger partial charge in [-0.2, -0.15) is 0 Å². The third-order valence-electron chi connectivity index (χ3n) is 1.93. The zero-order valence-corrected chi connectivity index (χ0v) is 8.18. The van der Waals surface area contributed by atoms with Crippen molar-refractivity contribution < 1.29 is 9.59 Å². The molecule has 0 spiro atoms. The van der Waals surface area contributed by atoms with Crippen LogP contribution in [0.4, 0.5) is 0 Å². The monoisotopic (exact) mass is 171 g/mol. The molecule has 0 saturated heterocycles. The molecule has 0 saturated carbocycles. The number of rotatable bonds is 4. The third-order valence-corrected chi connectivity index (χ3v) is 1.93. The minimum Gasteiger partial charge on any atom is -0.349 e. The lowest BCUT2D eigenvalue weighted by atomic mass is 9.97. The maximum atomic E-state index is 11.2. The molecule has 0 aromatic carbocycles. The number of carbonyl (C=O) groups is 2. The van der Waals surface area contributed by atoms with Crippen molar-refractivity contribution in [1.82, 2.24) is 5.32 Å². The summed E-state index contributed by atoms with van der Waals surface area (Å²) >= 11 is 0. The van der Waals surface area contributed by atoms with Crippen LogP contribution in [-0.2, 0) is 9.59 Å². The number of hydrogen-bond acceptors (Lipinski definition) is 2. The maximum absolute atomic E-state index is 11.2. The van der Waals surface area contributed by atoms with E-state index in [1.807, 2.05) is 20.8 Å². The summed E-state index contributed by atoms with van der Waals surface area (Å²) < 4.78 is 0. The summed E-state index contributed by atoms with van der Waals surface area (Å²) in [6.45, 7) is 7.44. The zero-order valence-electron chi connectivity index (χ0n) is 8.18. The lowest BCUT2D eigenvalue weighted by Crippen LogP contribution is -2.34. The van der Waals surface area contributed by atoms with Crippen LogP contribution in [-0.4, -0.2) is 18.2 Å². The Morgan fingerprint density at radius 1 is 1.25 bits per heavy atom. The van der Waals surface area contributed by atoms with Gasteiger partial charge in [0.25, 0.3) is 0 Å². The SMILES string of the molecule is CC(=O)CNC(=O)[C@@H](C)C(C)C. The molecular weight excluding hydrogens is 154 g/mol. The maximum Gasteiger partial charge on any atom is 0.223 e. The Morgan fingerprint density at radius 3 is 2.08 bits per heavy atom. The highest BCUT2D eigenvalue weighted by Crippen LogP contribution is 2.08.